The zero-order chi connectivity index (χ0) is 24.1. The quantitative estimate of drug-likeness (QED) is 0.340. The van der Waals surface area contributed by atoms with E-state index in [4.69, 9.17) is 14.2 Å². The van der Waals surface area contributed by atoms with Crippen molar-refractivity contribution in [2.45, 2.75) is 31.4 Å². The van der Waals surface area contributed by atoms with Crippen LogP contribution in [0.25, 0.3) is 0 Å². The van der Waals surface area contributed by atoms with E-state index in [-0.39, 0.29) is 35.7 Å². The first-order valence-corrected chi connectivity index (χ1v) is 11.1. The predicted octanol–water partition coefficient (Wildman–Crippen LogP) is 2.14. The van der Waals surface area contributed by atoms with E-state index in [1.807, 2.05) is 0 Å². The summed E-state index contributed by atoms with van der Waals surface area (Å²) < 4.78 is 15.8. The second kappa shape index (κ2) is 10.6. The van der Waals surface area contributed by atoms with E-state index in [0.29, 0.717) is 23.5 Å². The van der Waals surface area contributed by atoms with Crippen LogP contribution < -0.4 is 15.0 Å². The van der Waals surface area contributed by atoms with Gasteiger partial charge in [0.05, 0.1) is 36.9 Å². The van der Waals surface area contributed by atoms with Crippen LogP contribution in [0.4, 0.5) is 5.69 Å². The summed E-state index contributed by atoms with van der Waals surface area (Å²) in [6, 6.07) is 11.9. The molecule has 2 aliphatic heterocycles. The van der Waals surface area contributed by atoms with E-state index < -0.39 is 18.6 Å². The van der Waals surface area contributed by atoms with Crippen LogP contribution in [0.5, 0.6) is 5.75 Å². The molecule has 2 fully saturated rings. The van der Waals surface area contributed by atoms with Crippen molar-refractivity contribution >= 4 is 29.3 Å². The number of hydrogen-bond donors (Lipinski definition) is 1. The fraction of sp³-hybridized carbons (Fsp3) is 0.360. The van der Waals surface area contributed by atoms with Crippen LogP contribution in [0.3, 0.4) is 0 Å². The van der Waals surface area contributed by atoms with Crippen molar-refractivity contribution in [3.63, 3.8) is 0 Å². The molecule has 0 aromatic heterocycles. The number of anilines is 1. The molecule has 2 atom stereocenters. The highest BCUT2D eigenvalue weighted by Crippen LogP contribution is 2.24. The lowest BCUT2D eigenvalue weighted by Crippen LogP contribution is -2.41. The number of nitrogens with zero attached hydrogens (tertiary/aromatic N) is 1. The Hall–Kier alpha value is -3.56. The maximum atomic E-state index is 12.8. The first-order valence-electron chi connectivity index (χ1n) is 11.1. The third-order valence-electron chi connectivity index (χ3n) is 5.85. The summed E-state index contributed by atoms with van der Waals surface area (Å²) >= 11 is 0. The molecule has 178 valence electrons. The fourth-order valence-corrected chi connectivity index (χ4v) is 3.98. The van der Waals surface area contributed by atoms with E-state index in [0.717, 1.165) is 24.3 Å². The summed E-state index contributed by atoms with van der Waals surface area (Å²) in [7, 11) is 1.50. The van der Waals surface area contributed by atoms with Gasteiger partial charge in [0.25, 0.3) is 5.91 Å². The average Bonchev–Trinajstić information content (AvgIpc) is 3.48. The minimum atomic E-state index is -0.682. The number of imide groups is 1. The number of esters is 1. The van der Waals surface area contributed by atoms with Crippen molar-refractivity contribution in [1.82, 2.24) is 5.32 Å². The molecule has 0 radical (unpaired) electrons. The number of ether oxygens (including phenoxy) is 3. The molecule has 9 heteroatoms. The number of Topliss-reactive ketones (excluding diaryl/α,β-unsaturated/α-hetero) is 1. The zero-order valence-electron chi connectivity index (χ0n) is 18.8. The molecule has 2 amide bonds. The molecule has 2 heterocycles. The molecule has 2 aromatic rings. The molecule has 0 saturated carbocycles. The third kappa shape index (κ3) is 5.32. The number of nitrogens with one attached hydrogen (secondary N) is 1. The predicted molar refractivity (Wildman–Crippen MR) is 122 cm³/mol. The monoisotopic (exact) mass is 466 g/mol. The Bertz CT molecular complexity index is 1080. The highest BCUT2D eigenvalue weighted by Gasteiger charge is 2.39. The molecule has 2 unspecified atom stereocenters. The van der Waals surface area contributed by atoms with Crippen molar-refractivity contribution in [2.75, 3.05) is 31.8 Å². The number of rotatable bonds is 9. The lowest BCUT2D eigenvalue weighted by atomic mass is 10.1. The molecule has 2 aromatic carbocycles. The second-order valence-electron chi connectivity index (χ2n) is 8.15. The minimum Gasteiger partial charge on any atom is -0.497 e. The summed E-state index contributed by atoms with van der Waals surface area (Å²) in [4.78, 5) is 51.0. The van der Waals surface area contributed by atoms with Crippen molar-refractivity contribution in [2.24, 2.45) is 0 Å². The van der Waals surface area contributed by atoms with Gasteiger partial charge in [-0.2, -0.15) is 0 Å². The number of amides is 2. The Kier molecular flexibility index (Phi) is 7.34. The Labute approximate surface area is 197 Å². The first kappa shape index (κ1) is 23.6. The molecule has 0 bridgehead atoms. The number of ketones is 1. The topological polar surface area (TPSA) is 111 Å². The number of benzene rings is 2. The number of hydrogen-bond acceptors (Lipinski definition) is 8. The minimum absolute atomic E-state index is 0.0676. The van der Waals surface area contributed by atoms with Gasteiger partial charge < -0.3 is 19.5 Å². The maximum absolute atomic E-state index is 12.8. The van der Waals surface area contributed by atoms with Gasteiger partial charge in [0.15, 0.2) is 12.4 Å². The van der Waals surface area contributed by atoms with Crippen LogP contribution in [0.15, 0.2) is 48.5 Å². The Morgan fingerprint density at radius 1 is 1.12 bits per heavy atom. The Morgan fingerprint density at radius 3 is 2.62 bits per heavy atom. The van der Waals surface area contributed by atoms with Gasteiger partial charge in [-0.1, -0.05) is 12.1 Å². The Balaban J connectivity index is 1.32. The molecule has 0 spiro atoms. The van der Waals surface area contributed by atoms with Crippen LogP contribution in [0.2, 0.25) is 0 Å². The van der Waals surface area contributed by atoms with Gasteiger partial charge in [0.2, 0.25) is 5.91 Å². The summed E-state index contributed by atoms with van der Waals surface area (Å²) in [5.74, 6) is -1.16. The molecule has 2 saturated heterocycles. The highest BCUT2D eigenvalue weighted by molar-refractivity contribution is 6.22. The number of methoxy groups -OCH3 is 1. The van der Waals surface area contributed by atoms with Gasteiger partial charge in [-0.15, -0.1) is 0 Å². The van der Waals surface area contributed by atoms with Crippen LogP contribution >= 0.6 is 0 Å². The van der Waals surface area contributed by atoms with E-state index in [1.165, 1.54) is 31.4 Å². The van der Waals surface area contributed by atoms with E-state index in [2.05, 4.69) is 5.32 Å². The van der Waals surface area contributed by atoms with Crippen LogP contribution in [0.1, 0.15) is 40.0 Å². The molecule has 2 aliphatic rings. The van der Waals surface area contributed by atoms with Crippen LogP contribution in [0, 0.1) is 0 Å². The summed E-state index contributed by atoms with van der Waals surface area (Å²) in [5, 5.41) is 3.13. The summed E-state index contributed by atoms with van der Waals surface area (Å²) in [6.07, 6.45) is 2.08. The largest absolute Gasteiger partial charge is 0.497 e. The van der Waals surface area contributed by atoms with Gasteiger partial charge >= 0.3 is 5.97 Å². The average molecular weight is 466 g/mol. The van der Waals surface area contributed by atoms with E-state index in [1.54, 1.807) is 24.3 Å². The lowest BCUT2D eigenvalue weighted by molar-refractivity contribution is -0.121. The summed E-state index contributed by atoms with van der Waals surface area (Å²) in [6.45, 7) is 0.825. The SMILES string of the molecule is COc1cccc(C(=O)COC(=O)c2ccc(N3C(=O)CC(NCC4CCCO4)C3=O)cc2)c1. The van der Waals surface area contributed by atoms with Gasteiger partial charge in [0, 0.05) is 18.7 Å². The van der Waals surface area contributed by atoms with Crippen LogP contribution in [-0.2, 0) is 19.1 Å². The van der Waals surface area contributed by atoms with E-state index in [9.17, 15) is 19.2 Å². The highest BCUT2D eigenvalue weighted by atomic mass is 16.5. The lowest BCUT2D eigenvalue weighted by Gasteiger charge is -2.17. The molecule has 4 rings (SSSR count). The van der Waals surface area contributed by atoms with Crippen molar-refractivity contribution in [3.8, 4) is 5.75 Å². The smallest absolute Gasteiger partial charge is 0.338 e. The molecule has 34 heavy (non-hydrogen) atoms. The zero-order valence-corrected chi connectivity index (χ0v) is 18.8. The van der Waals surface area contributed by atoms with E-state index >= 15 is 0 Å². The number of carbonyl (C=O) groups is 4. The fourth-order valence-electron chi connectivity index (χ4n) is 3.98. The molecular formula is C25H26N2O7. The first-order chi connectivity index (χ1) is 16.5. The van der Waals surface area contributed by atoms with Crippen molar-refractivity contribution in [3.05, 3.63) is 59.7 Å². The maximum Gasteiger partial charge on any atom is 0.338 e. The van der Waals surface area contributed by atoms with Gasteiger partial charge in [-0.05, 0) is 49.2 Å². The molecular weight excluding hydrogens is 440 g/mol. The van der Waals surface area contributed by atoms with Crippen molar-refractivity contribution < 1.29 is 33.4 Å². The molecule has 1 N–H and O–H groups in total. The standard InChI is InChI=1S/C25H26N2O7/c1-32-19-5-2-4-17(12-19)22(28)15-34-25(31)16-7-9-18(10-8-16)27-23(29)13-21(24(27)30)26-14-20-6-3-11-33-20/h2,4-5,7-10,12,20-21,26H,3,6,11,13-15H2,1H3. The van der Waals surface area contributed by atoms with Crippen molar-refractivity contribution in [1.29, 1.82) is 0 Å². The third-order valence-corrected chi connectivity index (χ3v) is 5.85. The van der Waals surface area contributed by atoms with Crippen LogP contribution in [-0.4, -0.2) is 62.6 Å². The number of carbonyl (C=O) groups excluding carboxylic acids is 4. The van der Waals surface area contributed by atoms with Gasteiger partial charge in [0.1, 0.15) is 5.75 Å². The Morgan fingerprint density at radius 2 is 1.91 bits per heavy atom. The van der Waals surface area contributed by atoms with Gasteiger partial charge in [-0.25, -0.2) is 9.69 Å². The van der Waals surface area contributed by atoms with Gasteiger partial charge in [-0.3, -0.25) is 14.4 Å². The second-order valence-corrected chi connectivity index (χ2v) is 8.15. The summed E-state index contributed by atoms with van der Waals surface area (Å²) in [5.41, 5.74) is 0.950. The molecule has 0 aliphatic carbocycles. The molecule has 9 nitrogen and oxygen atoms in total. The normalized spacial score (nSPS) is 20.0.